The first-order valence-electron chi connectivity index (χ1n) is 10.2. The third kappa shape index (κ3) is 5.06. The van der Waals surface area contributed by atoms with E-state index in [1.807, 2.05) is 12.1 Å². The van der Waals surface area contributed by atoms with Gasteiger partial charge in [-0.1, -0.05) is 12.1 Å². The summed E-state index contributed by atoms with van der Waals surface area (Å²) < 4.78 is 20.8. The smallest absolute Gasteiger partial charge is 0.291 e. The molecule has 0 saturated carbocycles. The van der Waals surface area contributed by atoms with Crippen molar-refractivity contribution in [1.82, 2.24) is 35.0 Å². The first-order chi connectivity index (χ1) is 16.4. The average molecular weight is 464 g/mol. The number of pyridine rings is 3. The zero-order valence-corrected chi connectivity index (χ0v) is 18.2. The van der Waals surface area contributed by atoms with Crippen molar-refractivity contribution >= 4 is 11.6 Å². The predicted octanol–water partition coefficient (Wildman–Crippen LogP) is 1.06. The van der Waals surface area contributed by atoms with Crippen LogP contribution in [-0.2, 0) is 19.5 Å². The zero-order valence-electron chi connectivity index (χ0n) is 18.2. The van der Waals surface area contributed by atoms with Crippen LogP contribution in [0.5, 0.6) is 5.75 Å². The van der Waals surface area contributed by atoms with E-state index in [9.17, 15) is 14.0 Å². The normalized spacial score (nSPS) is 10.8. The Bertz CT molecular complexity index is 1370. The van der Waals surface area contributed by atoms with Gasteiger partial charge in [0.1, 0.15) is 5.82 Å². The highest BCUT2D eigenvalue weighted by atomic mass is 19.1. The summed E-state index contributed by atoms with van der Waals surface area (Å²) >= 11 is 0. The summed E-state index contributed by atoms with van der Waals surface area (Å²) in [5.74, 6) is -1.11. The second-order valence-corrected chi connectivity index (χ2v) is 7.30. The molecule has 0 atom stereocenters. The summed E-state index contributed by atoms with van der Waals surface area (Å²) in [4.78, 5) is 36.6. The molecule has 0 saturated heterocycles. The van der Waals surface area contributed by atoms with E-state index in [0.717, 1.165) is 11.3 Å². The summed E-state index contributed by atoms with van der Waals surface area (Å²) in [7, 11) is 1.29. The molecule has 0 bridgehead atoms. The first kappa shape index (κ1) is 22.6. The highest BCUT2D eigenvalue weighted by Crippen LogP contribution is 2.25. The number of nitrogens with two attached hydrogens (primary N) is 1. The minimum absolute atomic E-state index is 0.0286. The molecule has 0 aromatic carbocycles. The van der Waals surface area contributed by atoms with Gasteiger partial charge >= 0.3 is 0 Å². The van der Waals surface area contributed by atoms with Crippen molar-refractivity contribution in [3.05, 3.63) is 93.7 Å². The Hall–Kier alpha value is -4.61. The second-order valence-electron chi connectivity index (χ2n) is 7.30. The molecule has 34 heavy (non-hydrogen) atoms. The fourth-order valence-corrected chi connectivity index (χ4v) is 3.18. The number of hydrogen-bond donors (Lipinski definition) is 3. The number of nitrogen functional groups attached to an aromatic ring is 1. The molecule has 0 aliphatic carbocycles. The number of ether oxygens (including phenoxy) is 1. The lowest BCUT2D eigenvalue weighted by Crippen LogP contribution is -2.25. The third-order valence-corrected chi connectivity index (χ3v) is 4.92. The summed E-state index contributed by atoms with van der Waals surface area (Å²) in [5, 5.41) is 9.14. The fourth-order valence-electron chi connectivity index (χ4n) is 3.18. The van der Waals surface area contributed by atoms with E-state index in [2.05, 4.69) is 30.5 Å². The van der Waals surface area contributed by atoms with Gasteiger partial charge in [-0.05, 0) is 17.7 Å². The topological polar surface area (TPSA) is 154 Å². The zero-order chi connectivity index (χ0) is 24.1. The van der Waals surface area contributed by atoms with Crippen LogP contribution in [-0.4, -0.2) is 42.7 Å². The average Bonchev–Trinajstić information content (AvgIpc) is 3.30. The number of hydrogen-bond acceptors (Lipinski definition) is 8. The fraction of sp³-hybridized carbons (Fsp3) is 0.182. The number of aromatic amines is 1. The molecule has 0 fully saturated rings. The molecule has 0 aliphatic rings. The molecule has 0 spiro atoms. The van der Waals surface area contributed by atoms with Crippen molar-refractivity contribution < 1.29 is 13.9 Å². The van der Waals surface area contributed by atoms with Crippen LogP contribution in [0.25, 0.3) is 0 Å². The van der Waals surface area contributed by atoms with E-state index in [4.69, 9.17) is 10.5 Å². The molecule has 4 aromatic rings. The van der Waals surface area contributed by atoms with Gasteiger partial charge in [-0.3, -0.25) is 24.7 Å². The molecule has 174 valence electrons. The Morgan fingerprint density at radius 1 is 1.24 bits per heavy atom. The van der Waals surface area contributed by atoms with Gasteiger partial charge in [-0.15, -0.1) is 5.10 Å². The molecule has 4 N–H and O–H groups in total. The number of methoxy groups -OCH3 is 1. The number of halogens is 1. The van der Waals surface area contributed by atoms with Gasteiger partial charge in [-0.25, -0.2) is 9.37 Å². The SMILES string of the molecule is COc1c(N)cnc(CNC(=O)c2n[nH]c(Cc3ccc(Cn4ccccc4=O)nc3)n2)c1F. The lowest BCUT2D eigenvalue weighted by molar-refractivity contribution is 0.0940. The first-order valence-corrected chi connectivity index (χ1v) is 10.2. The Balaban J connectivity index is 1.35. The molecule has 4 aromatic heterocycles. The highest BCUT2D eigenvalue weighted by Gasteiger charge is 2.17. The molecule has 4 rings (SSSR count). The molecule has 11 nitrogen and oxygen atoms in total. The van der Waals surface area contributed by atoms with Crippen molar-refractivity contribution in [2.45, 2.75) is 19.5 Å². The molecule has 0 unspecified atom stereocenters. The van der Waals surface area contributed by atoms with Crippen LogP contribution in [0.4, 0.5) is 10.1 Å². The van der Waals surface area contributed by atoms with Crippen molar-refractivity contribution in [2.75, 3.05) is 12.8 Å². The molecular formula is C22H21FN8O3. The number of carbonyl (C=O) groups excluding carboxylic acids is 1. The largest absolute Gasteiger partial charge is 0.491 e. The van der Waals surface area contributed by atoms with Crippen LogP contribution in [0.2, 0.25) is 0 Å². The van der Waals surface area contributed by atoms with E-state index < -0.39 is 11.7 Å². The van der Waals surface area contributed by atoms with Crippen LogP contribution < -0.4 is 21.3 Å². The van der Waals surface area contributed by atoms with Gasteiger partial charge < -0.3 is 20.4 Å². The summed E-state index contributed by atoms with van der Waals surface area (Å²) in [6, 6.07) is 8.65. The minimum Gasteiger partial charge on any atom is -0.491 e. The summed E-state index contributed by atoms with van der Waals surface area (Å²) in [5.41, 5.74) is 7.11. The monoisotopic (exact) mass is 464 g/mol. The van der Waals surface area contributed by atoms with E-state index in [-0.39, 0.29) is 35.1 Å². The molecule has 12 heteroatoms. The van der Waals surface area contributed by atoms with E-state index in [1.54, 1.807) is 29.1 Å². The van der Waals surface area contributed by atoms with Crippen LogP contribution in [0.3, 0.4) is 0 Å². The van der Waals surface area contributed by atoms with E-state index in [0.29, 0.717) is 18.8 Å². The van der Waals surface area contributed by atoms with Gasteiger partial charge in [0.15, 0.2) is 11.6 Å². The third-order valence-electron chi connectivity index (χ3n) is 4.92. The maximum absolute atomic E-state index is 14.3. The van der Waals surface area contributed by atoms with E-state index in [1.165, 1.54) is 19.4 Å². The molecule has 0 aliphatic heterocycles. The van der Waals surface area contributed by atoms with Crippen LogP contribution in [0.1, 0.15) is 33.4 Å². The maximum Gasteiger partial charge on any atom is 0.291 e. The Morgan fingerprint density at radius 2 is 2.09 bits per heavy atom. The van der Waals surface area contributed by atoms with E-state index >= 15 is 0 Å². The van der Waals surface area contributed by atoms with Crippen molar-refractivity contribution in [2.24, 2.45) is 0 Å². The Labute approximate surface area is 192 Å². The lowest BCUT2D eigenvalue weighted by Gasteiger charge is -2.09. The molecule has 1 amide bonds. The predicted molar refractivity (Wildman–Crippen MR) is 120 cm³/mol. The number of nitrogens with zero attached hydrogens (tertiary/aromatic N) is 5. The van der Waals surface area contributed by atoms with Crippen LogP contribution >= 0.6 is 0 Å². The van der Waals surface area contributed by atoms with Gasteiger partial charge in [0.05, 0.1) is 43.5 Å². The number of carbonyl (C=O) groups is 1. The van der Waals surface area contributed by atoms with Gasteiger partial charge in [0.25, 0.3) is 11.5 Å². The van der Waals surface area contributed by atoms with Gasteiger partial charge in [0, 0.05) is 24.9 Å². The Kier molecular flexibility index (Phi) is 6.57. The maximum atomic E-state index is 14.3. The van der Waals surface area contributed by atoms with Crippen LogP contribution in [0, 0.1) is 5.82 Å². The molecule has 0 radical (unpaired) electrons. The van der Waals surface area contributed by atoms with Gasteiger partial charge in [-0.2, -0.15) is 0 Å². The minimum atomic E-state index is -0.744. The van der Waals surface area contributed by atoms with Gasteiger partial charge in [0.2, 0.25) is 5.82 Å². The number of amides is 1. The lowest BCUT2D eigenvalue weighted by atomic mass is 10.2. The van der Waals surface area contributed by atoms with Crippen molar-refractivity contribution in [3.63, 3.8) is 0 Å². The molecule has 4 heterocycles. The number of nitrogens with one attached hydrogen (secondary N) is 2. The highest BCUT2D eigenvalue weighted by molar-refractivity contribution is 5.90. The summed E-state index contributed by atoms with van der Waals surface area (Å²) in [6.45, 7) is 0.170. The number of anilines is 1. The summed E-state index contributed by atoms with van der Waals surface area (Å²) in [6.07, 6.45) is 5.00. The second kappa shape index (κ2) is 9.90. The Morgan fingerprint density at radius 3 is 2.82 bits per heavy atom. The van der Waals surface area contributed by atoms with Crippen molar-refractivity contribution in [3.8, 4) is 5.75 Å². The standard InChI is InChI=1S/C22H21FN8O3/c1-34-20-15(24)10-26-16(19(20)23)11-27-22(33)21-28-17(29-30-21)8-13-5-6-14(25-9-13)12-31-7-3-2-4-18(31)32/h2-7,9-10H,8,11-12,24H2,1H3,(H,27,33)(H,28,29,30). The molecular weight excluding hydrogens is 443 g/mol. The quantitative estimate of drug-likeness (QED) is 0.350. The van der Waals surface area contributed by atoms with Crippen LogP contribution in [0.15, 0.2) is 53.7 Å². The number of aromatic nitrogens is 6. The van der Waals surface area contributed by atoms with Crippen molar-refractivity contribution in [1.29, 1.82) is 0 Å². The number of rotatable bonds is 8. The number of H-pyrrole nitrogens is 1.